The van der Waals surface area contributed by atoms with Crippen molar-refractivity contribution in [2.75, 3.05) is 33.9 Å². The molecule has 1 heterocycles. The molecule has 2 aliphatic carbocycles. The van der Waals surface area contributed by atoms with E-state index in [2.05, 4.69) is 47.2 Å². The van der Waals surface area contributed by atoms with Crippen molar-refractivity contribution >= 4 is 12.6 Å². The Kier molecular flexibility index (Phi) is 9.07. The van der Waals surface area contributed by atoms with E-state index in [4.69, 9.17) is 17.7 Å². The zero-order valence-corrected chi connectivity index (χ0v) is 19.2. The summed E-state index contributed by atoms with van der Waals surface area (Å²) >= 11 is 4.95. The zero-order chi connectivity index (χ0) is 21.0. The second kappa shape index (κ2) is 11.1. The lowest BCUT2D eigenvalue weighted by Crippen LogP contribution is -2.66. The minimum Gasteiger partial charge on any atom is -0.395 e. The van der Waals surface area contributed by atoms with Crippen molar-refractivity contribution in [3.05, 3.63) is 0 Å². The summed E-state index contributed by atoms with van der Waals surface area (Å²) in [7, 11) is 4.38. The standard InChI is InChI=1S/C21H43N5O2S/c1-13-18(19-16(8-9-17(19)29)21(28)22-10-11-27)20(24-12-23-13)25-14-4-6-15(7-5-14)26(2)3/h13-25,27-29H,4-12H2,1-3H3/t13?,14-,15-,16?,17?,18?,19?,20?,21?. The van der Waals surface area contributed by atoms with E-state index in [-0.39, 0.29) is 23.9 Å². The highest BCUT2D eigenvalue weighted by molar-refractivity contribution is 7.81. The van der Waals surface area contributed by atoms with Crippen LogP contribution in [0.1, 0.15) is 45.4 Å². The molecule has 0 aromatic heterocycles. The van der Waals surface area contributed by atoms with Gasteiger partial charge in [-0.1, -0.05) is 0 Å². The van der Waals surface area contributed by atoms with Gasteiger partial charge in [-0.15, -0.1) is 0 Å². The number of aliphatic hydroxyl groups excluding tert-OH is 2. The van der Waals surface area contributed by atoms with Crippen molar-refractivity contribution in [3.8, 4) is 0 Å². The number of nitrogens with one attached hydrogen (secondary N) is 4. The van der Waals surface area contributed by atoms with Crippen LogP contribution in [0.15, 0.2) is 0 Å². The topological polar surface area (TPSA) is 91.8 Å². The first-order chi connectivity index (χ1) is 13.9. The largest absolute Gasteiger partial charge is 0.395 e. The Labute approximate surface area is 182 Å². The minimum atomic E-state index is -0.588. The van der Waals surface area contributed by atoms with Crippen molar-refractivity contribution < 1.29 is 10.2 Å². The molecule has 3 rings (SSSR count). The third-order valence-electron chi connectivity index (χ3n) is 7.60. The van der Waals surface area contributed by atoms with E-state index < -0.39 is 6.23 Å². The molecule has 0 bridgehead atoms. The van der Waals surface area contributed by atoms with E-state index in [1.807, 2.05) is 0 Å². The van der Waals surface area contributed by atoms with E-state index in [1.165, 1.54) is 25.7 Å². The summed E-state index contributed by atoms with van der Waals surface area (Å²) in [5.41, 5.74) is 0. The van der Waals surface area contributed by atoms with Gasteiger partial charge in [0.05, 0.1) is 12.8 Å². The molecule has 1 saturated heterocycles. The van der Waals surface area contributed by atoms with Crippen molar-refractivity contribution in [2.24, 2.45) is 17.8 Å². The maximum atomic E-state index is 10.8. The van der Waals surface area contributed by atoms with Crippen LogP contribution in [0.2, 0.25) is 0 Å². The lowest BCUT2D eigenvalue weighted by atomic mass is 9.75. The molecule has 7 atom stereocenters. The van der Waals surface area contributed by atoms with Crippen LogP contribution < -0.4 is 21.3 Å². The number of hydrogen-bond acceptors (Lipinski definition) is 8. The first-order valence-electron chi connectivity index (χ1n) is 11.5. The molecule has 7 nitrogen and oxygen atoms in total. The van der Waals surface area contributed by atoms with Crippen molar-refractivity contribution in [2.45, 2.75) is 81.2 Å². The number of thiol groups is 1. The number of nitrogens with zero attached hydrogens (tertiary/aromatic N) is 1. The van der Waals surface area contributed by atoms with Gasteiger partial charge in [-0.3, -0.25) is 16.0 Å². The van der Waals surface area contributed by atoms with Gasteiger partial charge in [0.1, 0.15) is 6.23 Å². The first kappa shape index (κ1) is 23.7. The molecule has 0 aromatic rings. The molecule has 6 N–H and O–H groups in total. The predicted octanol–water partition coefficient (Wildman–Crippen LogP) is 0.155. The predicted molar refractivity (Wildman–Crippen MR) is 121 cm³/mol. The average Bonchev–Trinajstić information content (AvgIpc) is 3.08. The molecular formula is C21H43N5O2S. The van der Waals surface area contributed by atoms with Crippen LogP contribution in [-0.4, -0.2) is 84.8 Å². The van der Waals surface area contributed by atoms with Gasteiger partial charge in [-0.2, -0.15) is 12.6 Å². The maximum absolute atomic E-state index is 10.8. The van der Waals surface area contributed by atoms with Crippen LogP contribution in [0.3, 0.4) is 0 Å². The van der Waals surface area contributed by atoms with Crippen LogP contribution in [0, 0.1) is 17.8 Å². The quantitative estimate of drug-likeness (QED) is 0.218. The van der Waals surface area contributed by atoms with Crippen molar-refractivity contribution in [1.29, 1.82) is 0 Å². The van der Waals surface area contributed by atoms with Gasteiger partial charge in [-0.25, -0.2) is 0 Å². The molecule has 3 fully saturated rings. The Bertz CT molecular complexity index is 492. The van der Waals surface area contributed by atoms with Crippen LogP contribution >= 0.6 is 12.6 Å². The second-order valence-electron chi connectivity index (χ2n) is 9.57. The Morgan fingerprint density at radius 1 is 1.07 bits per heavy atom. The Morgan fingerprint density at radius 3 is 2.45 bits per heavy atom. The molecule has 2 saturated carbocycles. The van der Waals surface area contributed by atoms with Gasteiger partial charge in [-0.05, 0) is 65.5 Å². The molecule has 3 aliphatic rings. The molecule has 0 amide bonds. The van der Waals surface area contributed by atoms with Crippen LogP contribution in [0.25, 0.3) is 0 Å². The number of hydrogen-bond donors (Lipinski definition) is 7. The highest BCUT2D eigenvalue weighted by Crippen LogP contribution is 2.44. The van der Waals surface area contributed by atoms with Gasteiger partial charge in [0.25, 0.3) is 0 Å². The summed E-state index contributed by atoms with van der Waals surface area (Å²) in [6.45, 7) is 3.55. The monoisotopic (exact) mass is 429 g/mol. The molecule has 170 valence electrons. The number of aliphatic hydroxyl groups is 2. The summed E-state index contributed by atoms with van der Waals surface area (Å²) in [5.74, 6) is 0.827. The van der Waals surface area contributed by atoms with Gasteiger partial charge in [0.15, 0.2) is 0 Å². The molecule has 8 heteroatoms. The Hall–Kier alpha value is 0.0700. The fourth-order valence-corrected chi connectivity index (χ4v) is 6.51. The third kappa shape index (κ3) is 5.86. The fraction of sp³-hybridized carbons (Fsp3) is 1.00. The van der Waals surface area contributed by atoms with Gasteiger partial charge >= 0.3 is 0 Å². The highest BCUT2D eigenvalue weighted by atomic mass is 32.1. The summed E-state index contributed by atoms with van der Waals surface area (Å²) in [6, 6.07) is 1.61. The molecule has 0 radical (unpaired) electrons. The van der Waals surface area contributed by atoms with E-state index >= 15 is 0 Å². The summed E-state index contributed by atoms with van der Waals surface area (Å²) in [6.07, 6.45) is 6.58. The molecule has 0 spiro atoms. The second-order valence-corrected chi connectivity index (χ2v) is 10.2. The maximum Gasteiger partial charge on any atom is 0.108 e. The van der Waals surface area contributed by atoms with Gasteiger partial charge in [0.2, 0.25) is 0 Å². The van der Waals surface area contributed by atoms with Crippen molar-refractivity contribution in [3.63, 3.8) is 0 Å². The highest BCUT2D eigenvalue weighted by Gasteiger charge is 2.48. The normalized spacial score (nSPS) is 42.3. The molecule has 1 aliphatic heterocycles. The van der Waals surface area contributed by atoms with Gasteiger partial charge in [0, 0.05) is 48.4 Å². The van der Waals surface area contributed by atoms with Crippen LogP contribution in [-0.2, 0) is 0 Å². The molecular weight excluding hydrogens is 386 g/mol. The summed E-state index contributed by atoms with van der Waals surface area (Å²) in [5, 5.41) is 34.5. The average molecular weight is 430 g/mol. The summed E-state index contributed by atoms with van der Waals surface area (Å²) < 4.78 is 0. The molecule has 0 aromatic carbocycles. The molecule has 7 unspecified atom stereocenters. The van der Waals surface area contributed by atoms with E-state index in [0.717, 1.165) is 19.5 Å². The summed E-state index contributed by atoms with van der Waals surface area (Å²) in [4.78, 5) is 2.36. The van der Waals surface area contributed by atoms with Gasteiger partial charge < -0.3 is 20.4 Å². The van der Waals surface area contributed by atoms with Crippen LogP contribution in [0.4, 0.5) is 0 Å². The Morgan fingerprint density at radius 2 is 1.79 bits per heavy atom. The van der Waals surface area contributed by atoms with E-state index in [0.29, 0.717) is 36.5 Å². The SMILES string of the molecule is CC1NCNC(N[C@H]2CC[C@H](N(C)C)CC2)C1C1C(S)CCC1C(O)NCCO. The molecule has 29 heavy (non-hydrogen) atoms. The third-order valence-corrected chi connectivity index (χ3v) is 8.20. The van der Waals surface area contributed by atoms with Crippen molar-refractivity contribution in [1.82, 2.24) is 26.2 Å². The van der Waals surface area contributed by atoms with Crippen LogP contribution in [0.5, 0.6) is 0 Å². The van der Waals surface area contributed by atoms with E-state index in [9.17, 15) is 5.11 Å². The smallest absolute Gasteiger partial charge is 0.108 e. The van der Waals surface area contributed by atoms with E-state index in [1.54, 1.807) is 0 Å². The minimum absolute atomic E-state index is 0.0432. The number of rotatable bonds is 8. The lowest BCUT2D eigenvalue weighted by Gasteiger charge is -2.47. The first-order valence-corrected chi connectivity index (χ1v) is 12.0. The Balaban J connectivity index is 1.67. The fourth-order valence-electron chi connectivity index (χ4n) is 5.94. The lowest BCUT2D eigenvalue weighted by molar-refractivity contribution is 0.0120. The zero-order valence-electron chi connectivity index (χ0n) is 18.3.